The van der Waals surface area contributed by atoms with Crippen LogP contribution in [0.1, 0.15) is 39.3 Å². The number of aliphatic hydroxyl groups excluding tert-OH is 1. The molecule has 0 radical (unpaired) electrons. The second-order valence-electron chi connectivity index (χ2n) is 4.38. The Morgan fingerprint density at radius 1 is 1.35 bits per heavy atom. The van der Waals surface area contributed by atoms with Crippen LogP contribution in [0.15, 0.2) is 30.4 Å². The maximum atomic E-state index is 11.4. The average Bonchev–Trinajstić information content (AvgIpc) is 2.70. The number of hydrogen-bond acceptors (Lipinski definition) is 6. The predicted octanol–water partition coefficient (Wildman–Crippen LogP) is 1.15. The Bertz CT molecular complexity index is 616. The molecule has 1 aromatic rings. The molecule has 1 aromatic carbocycles. The molecule has 2 rings (SSSR count). The van der Waals surface area contributed by atoms with Crippen molar-refractivity contribution in [3.63, 3.8) is 0 Å². The van der Waals surface area contributed by atoms with E-state index in [9.17, 15) is 19.5 Å². The number of benzene rings is 1. The maximum absolute atomic E-state index is 11.4. The van der Waals surface area contributed by atoms with Crippen LogP contribution in [-0.2, 0) is 14.3 Å². The van der Waals surface area contributed by atoms with Crippen molar-refractivity contribution in [2.24, 2.45) is 0 Å². The lowest BCUT2D eigenvalue weighted by Gasteiger charge is -2.12. The Labute approximate surface area is 114 Å². The van der Waals surface area contributed by atoms with Crippen molar-refractivity contribution in [2.45, 2.75) is 13.0 Å². The SMILES string of the molecule is C=C(C)C(=O)OCC(O)c1ccc2c(c1)C(=O)OC2=O. The fraction of sp³-hybridized carbons (Fsp3) is 0.214. The van der Waals surface area contributed by atoms with Gasteiger partial charge in [0.25, 0.3) is 0 Å². The minimum atomic E-state index is -1.10. The highest BCUT2D eigenvalue weighted by atomic mass is 16.6. The highest BCUT2D eigenvalue weighted by Gasteiger charge is 2.30. The van der Waals surface area contributed by atoms with Crippen LogP contribution in [0.3, 0.4) is 0 Å². The molecule has 1 unspecified atom stereocenters. The molecule has 1 aliphatic heterocycles. The normalized spacial score (nSPS) is 14.5. The Morgan fingerprint density at radius 2 is 2.00 bits per heavy atom. The molecule has 6 nitrogen and oxygen atoms in total. The number of ether oxygens (including phenoxy) is 2. The first kappa shape index (κ1) is 14.0. The van der Waals surface area contributed by atoms with E-state index in [0.29, 0.717) is 5.56 Å². The Morgan fingerprint density at radius 3 is 2.65 bits per heavy atom. The third-order valence-electron chi connectivity index (χ3n) is 2.77. The number of esters is 3. The molecule has 0 bridgehead atoms. The maximum Gasteiger partial charge on any atom is 0.346 e. The molecule has 1 heterocycles. The van der Waals surface area contributed by atoms with Crippen molar-refractivity contribution in [3.8, 4) is 0 Å². The van der Waals surface area contributed by atoms with Gasteiger partial charge in [-0.15, -0.1) is 0 Å². The molecule has 6 heteroatoms. The first-order valence-electron chi connectivity index (χ1n) is 5.81. The number of hydrogen-bond donors (Lipinski definition) is 1. The van der Waals surface area contributed by atoms with Crippen molar-refractivity contribution in [1.82, 2.24) is 0 Å². The lowest BCUT2D eigenvalue weighted by molar-refractivity contribution is -0.142. The minimum Gasteiger partial charge on any atom is -0.459 e. The first-order valence-corrected chi connectivity index (χ1v) is 5.81. The van der Waals surface area contributed by atoms with Crippen LogP contribution in [0.5, 0.6) is 0 Å². The second-order valence-corrected chi connectivity index (χ2v) is 4.38. The van der Waals surface area contributed by atoms with Gasteiger partial charge in [-0.2, -0.15) is 0 Å². The van der Waals surface area contributed by atoms with Crippen LogP contribution >= 0.6 is 0 Å². The lowest BCUT2D eigenvalue weighted by atomic mass is 10.0. The van der Waals surface area contributed by atoms with Crippen molar-refractivity contribution >= 4 is 17.9 Å². The monoisotopic (exact) mass is 276 g/mol. The van der Waals surface area contributed by atoms with Gasteiger partial charge in [-0.1, -0.05) is 12.6 Å². The molecular weight excluding hydrogens is 264 g/mol. The average molecular weight is 276 g/mol. The van der Waals surface area contributed by atoms with Crippen LogP contribution in [0.4, 0.5) is 0 Å². The number of rotatable bonds is 4. The smallest absolute Gasteiger partial charge is 0.346 e. The molecule has 1 aliphatic rings. The molecule has 0 saturated carbocycles. The number of cyclic esters (lactones) is 2. The van der Waals surface area contributed by atoms with Crippen LogP contribution in [-0.4, -0.2) is 29.6 Å². The van der Waals surface area contributed by atoms with Gasteiger partial charge in [0.1, 0.15) is 12.7 Å². The zero-order valence-electron chi connectivity index (χ0n) is 10.7. The molecule has 1 atom stereocenters. The highest BCUT2D eigenvalue weighted by molar-refractivity contribution is 6.14. The molecule has 0 saturated heterocycles. The molecule has 0 aliphatic carbocycles. The van der Waals surface area contributed by atoms with Gasteiger partial charge >= 0.3 is 17.9 Å². The highest BCUT2D eigenvalue weighted by Crippen LogP contribution is 2.24. The van der Waals surface area contributed by atoms with E-state index in [1.54, 1.807) is 0 Å². The predicted molar refractivity (Wildman–Crippen MR) is 66.9 cm³/mol. The number of aliphatic hydroxyl groups is 1. The summed E-state index contributed by atoms with van der Waals surface area (Å²) in [6.07, 6.45) is -1.10. The number of carbonyl (C=O) groups is 3. The summed E-state index contributed by atoms with van der Waals surface area (Å²) in [7, 11) is 0. The standard InChI is InChI=1S/C14H12O6/c1-7(2)12(16)19-6-11(15)8-3-4-9-10(5-8)14(18)20-13(9)17/h3-5,11,15H,1,6H2,2H3. The van der Waals surface area contributed by atoms with E-state index in [1.165, 1.54) is 25.1 Å². The summed E-state index contributed by atoms with van der Waals surface area (Å²) in [6, 6.07) is 4.21. The van der Waals surface area contributed by atoms with Crippen LogP contribution in [0.2, 0.25) is 0 Å². The first-order chi connectivity index (χ1) is 9.40. The Balaban J connectivity index is 2.12. The molecule has 104 valence electrons. The van der Waals surface area contributed by atoms with Crippen molar-refractivity contribution in [2.75, 3.05) is 6.61 Å². The van der Waals surface area contributed by atoms with Gasteiger partial charge in [0.15, 0.2) is 0 Å². The minimum absolute atomic E-state index is 0.0952. The second kappa shape index (κ2) is 5.26. The molecule has 0 fully saturated rings. The Kier molecular flexibility index (Phi) is 3.67. The van der Waals surface area contributed by atoms with E-state index in [2.05, 4.69) is 11.3 Å². The van der Waals surface area contributed by atoms with Crippen molar-refractivity contribution < 1.29 is 29.0 Å². The lowest BCUT2D eigenvalue weighted by Crippen LogP contribution is -2.13. The van der Waals surface area contributed by atoms with E-state index in [4.69, 9.17) is 4.74 Å². The summed E-state index contributed by atoms with van der Waals surface area (Å²) < 4.78 is 9.25. The summed E-state index contributed by atoms with van der Waals surface area (Å²) in [5.74, 6) is -2.07. The van der Waals surface area contributed by atoms with Gasteiger partial charge in [-0.3, -0.25) is 0 Å². The molecular formula is C14H12O6. The third-order valence-corrected chi connectivity index (χ3v) is 2.77. The van der Waals surface area contributed by atoms with Gasteiger partial charge in [0.2, 0.25) is 0 Å². The summed E-state index contributed by atoms with van der Waals surface area (Å²) >= 11 is 0. The molecule has 1 N–H and O–H groups in total. The molecule has 0 amide bonds. The largest absolute Gasteiger partial charge is 0.459 e. The third kappa shape index (κ3) is 2.60. The summed E-state index contributed by atoms with van der Waals surface area (Å²) in [5, 5.41) is 9.89. The zero-order chi connectivity index (χ0) is 14.9. The van der Waals surface area contributed by atoms with Gasteiger partial charge < -0.3 is 14.6 Å². The van der Waals surface area contributed by atoms with E-state index in [1.807, 2.05) is 0 Å². The number of fused-ring (bicyclic) bond motifs is 1. The van der Waals surface area contributed by atoms with Crippen molar-refractivity contribution in [1.29, 1.82) is 0 Å². The quantitative estimate of drug-likeness (QED) is 0.504. The van der Waals surface area contributed by atoms with E-state index < -0.39 is 24.0 Å². The summed E-state index contributed by atoms with van der Waals surface area (Å²) in [5.41, 5.74) is 0.827. The Hall–Kier alpha value is -2.47. The van der Waals surface area contributed by atoms with Crippen molar-refractivity contribution in [3.05, 3.63) is 47.0 Å². The molecule has 20 heavy (non-hydrogen) atoms. The fourth-order valence-corrected chi connectivity index (χ4v) is 1.68. The molecule has 0 spiro atoms. The molecule has 0 aromatic heterocycles. The van der Waals surface area contributed by atoms with Crippen LogP contribution in [0, 0.1) is 0 Å². The van der Waals surface area contributed by atoms with E-state index in [0.717, 1.165) is 0 Å². The van der Waals surface area contributed by atoms with E-state index >= 15 is 0 Å². The topological polar surface area (TPSA) is 89.9 Å². The zero-order valence-corrected chi connectivity index (χ0v) is 10.7. The van der Waals surface area contributed by atoms with Crippen LogP contribution < -0.4 is 0 Å². The summed E-state index contributed by atoms with van der Waals surface area (Å²) in [4.78, 5) is 33.9. The summed E-state index contributed by atoms with van der Waals surface area (Å²) in [6.45, 7) is 4.64. The number of carbonyl (C=O) groups excluding carboxylic acids is 3. The van der Waals surface area contributed by atoms with E-state index in [-0.39, 0.29) is 23.3 Å². The van der Waals surface area contributed by atoms with Gasteiger partial charge in [0.05, 0.1) is 11.1 Å². The van der Waals surface area contributed by atoms with Gasteiger partial charge in [0, 0.05) is 5.57 Å². The fourth-order valence-electron chi connectivity index (χ4n) is 1.68. The van der Waals surface area contributed by atoms with Gasteiger partial charge in [-0.05, 0) is 24.6 Å². The van der Waals surface area contributed by atoms with Gasteiger partial charge in [-0.25, -0.2) is 14.4 Å². The van der Waals surface area contributed by atoms with Crippen LogP contribution in [0.25, 0.3) is 0 Å².